The van der Waals surface area contributed by atoms with E-state index in [1.54, 1.807) is 23.1 Å². The van der Waals surface area contributed by atoms with Crippen LogP contribution in [0.4, 0.5) is 5.13 Å². The normalized spacial score (nSPS) is 13.7. The molecule has 3 nitrogen and oxygen atoms in total. The Kier molecular flexibility index (Phi) is 5.39. The molecule has 1 aliphatic rings. The number of rotatable bonds is 5. The Bertz CT molecular complexity index is 648. The minimum Gasteiger partial charge on any atom is -0.301 e. The van der Waals surface area contributed by atoms with Crippen molar-refractivity contribution in [3.05, 3.63) is 45.4 Å². The minimum atomic E-state index is 0.0122. The topological polar surface area (TPSA) is 42.0 Å². The van der Waals surface area contributed by atoms with Gasteiger partial charge >= 0.3 is 0 Å². The van der Waals surface area contributed by atoms with Crippen LogP contribution in [0.2, 0.25) is 5.02 Å². The molecule has 1 N–H and O–H groups in total. The molecule has 1 aliphatic carbocycles. The van der Waals surface area contributed by atoms with Crippen LogP contribution in [0.1, 0.15) is 29.0 Å². The first-order valence-corrected chi connectivity index (χ1v) is 9.66. The number of fused-ring (bicyclic) bond motifs is 1. The maximum atomic E-state index is 12.0. The molecule has 0 radical (unpaired) electrons. The fourth-order valence-electron chi connectivity index (χ4n) is 2.45. The SMILES string of the molecule is O=C(CSCc1cccc(Cl)c1)Nc1nc2c(s1)CCCC2. The molecular formula is C16H17ClN2OS2. The van der Waals surface area contributed by atoms with Crippen LogP contribution in [-0.2, 0) is 23.4 Å². The lowest BCUT2D eigenvalue weighted by Gasteiger charge is -2.06. The van der Waals surface area contributed by atoms with E-state index in [-0.39, 0.29) is 5.91 Å². The van der Waals surface area contributed by atoms with Crippen LogP contribution in [0.25, 0.3) is 0 Å². The van der Waals surface area contributed by atoms with Gasteiger partial charge in [0.15, 0.2) is 5.13 Å². The van der Waals surface area contributed by atoms with E-state index in [1.165, 1.54) is 23.4 Å². The quantitative estimate of drug-likeness (QED) is 0.858. The predicted octanol–water partition coefficient (Wildman–Crippen LogP) is 4.55. The molecule has 0 aliphatic heterocycles. The number of anilines is 1. The van der Waals surface area contributed by atoms with Gasteiger partial charge < -0.3 is 5.32 Å². The first-order valence-electron chi connectivity index (χ1n) is 7.31. The molecule has 3 rings (SSSR count). The molecule has 1 heterocycles. The highest BCUT2D eigenvalue weighted by Crippen LogP contribution is 2.29. The van der Waals surface area contributed by atoms with E-state index < -0.39 is 0 Å². The Labute approximate surface area is 143 Å². The summed E-state index contributed by atoms with van der Waals surface area (Å²) >= 11 is 9.16. The summed E-state index contributed by atoms with van der Waals surface area (Å²) in [7, 11) is 0. The van der Waals surface area contributed by atoms with E-state index in [1.807, 2.05) is 24.3 Å². The maximum absolute atomic E-state index is 12.0. The van der Waals surface area contributed by atoms with Crippen molar-refractivity contribution in [2.45, 2.75) is 31.4 Å². The zero-order chi connectivity index (χ0) is 15.4. The summed E-state index contributed by atoms with van der Waals surface area (Å²) in [4.78, 5) is 17.9. The van der Waals surface area contributed by atoms with Gasteiger partial charge in [0.1, 0.15) is 0 Å². The second-order valence-electron chi connectivity index (χ2n) is 5.27. The van der Waals surface area contributed by atoms with Gasteiger partial charge in [0.2, 0.25) is 5.91 Å². The lowest BCUT2D eigenvalue weighted by molar-refractivity contribution is -0.113. The second-order valence-corrected chi connectivity index (χ2v) is 7.77. The molecule has 0 unspecified atom stereocenters. The fourth-order valence-corrected chi connectivity index (χ4v) is 4.50. The second kappa shape index (κ2) is 7.49. The van der Waals surface area contributed by atoms with Crippen molar-refractivity contribution in [3.8, 4) is 0 Å². The van der Waals surface area contributed by atoms with Gasteiger partial charge in [0.05, 0.1) is 11.4 Å². The number of benzene rings is 1. The fraction of sp³-hybridized carbons (Fsp3) is 0.375. The number of hydrogen-bond donors (Lipinski definition) is 1. The Morgan fingerprint density at radius 3 is 3.05 bits per heavy atom. The standard InChI is InChI=1S/C16H17ClN2OS2/c17-12-5-3-4-11(8-12)9-21-10-15(20)19-16-18-13-6-1-2-7-14(13)22-16/h3-5,8H,1-2,6-7,9-10H2,(H,18,19,20). The Morgan fingerprint density at radius 2 is 2.23 bits per heavy atom. The number of hydrogen-bond acceptors (Lipinski definition) is 4. The Balaban J connectivity index is 1.47. The molecule has 1 amide bonds. The molecule has 116 valence electrons. The number of amides is 1. The van der Waals surface area contributed by atoms with Gasteiger partial charge in [-0.15, -0.1) is 23.1 Å². The number of aromatic nitrogens is 1. The van der Waals surface area contributed by atoms with E-state index >= 15 is 0 Å². The van der Waals surface area contributed by atoms with E-state index in [9.17, 15) is 4.79 Å². The number of nitrogens with zero attached hydrogens (tertiary/aromatic N) is 1. The van der Waals surface area contributed by atoms with Crippen LogP contribution >= 0.6 is 34.7 Å². The van der Waals surface area contributed by atoms with Crippen molar-refractivity contribution in [2.24, 2.45) is 0 Å². The average Bonchev–Trinajstić information content (AvgIpc) is 2.89. The number of thiazole rings is 1. The molecule has 2 aromatic rings. The third-order valence-electron chi connectivity index (χ3n) is 3.48. The Morgan fingerprint density at radius 1 is 1.36 bits per heavy atom. The molecule has 0 spiro atoms. The maximum Gasteiger partial charge on any atom is 0.236 e. The molecule has 0 saturated heterocycles. The molecule has 0 bridgehead atoms. The van der Waals surface area contributed by atoms with Gasteiger partial charge in [-0.05, 0) is 43.4 Å². The van der Waals surface area contributed by atoms with Crippen molar-refractivity contribution < 1.29 is 4.79 Å². The number of carbonyl (C=O) groups is 1. The molecule has 6 heteroatoms. The zero-order valence-corrected chi connectivity index (χ0v) is 14.5. The first-order chi connectivity index (χ1) is 10.7. The third kappa shape index (κ3) is 4.24. The molecule has 0 saturated carbocycles. The molecule has 0 atom stereocenters. The van der Waals surface area contributed by atoms with Crippen LogP contribution < -0.4 is 5.32 Å². The summed E-state index contributed by atoms with van der Waals surface area (Å²) < 4.78 is 0. The van der Waals surface area contributed by atoms with Crippen molar-refractivity contribution >= 4 is 45.7 Å². The van der Waals surface area contributed by atoms with Gasteiger partial charge in [-0.3, -0.25) is 4.79 Å². The van der Waals surface area contributed by atoms with E-state index in [4.69, 9.17) is 11.6 Å². The molecule has 1 aromatic carbocycles. The highest BCUT2D eigenvalue weighted by molar-refractivity contribution is 7.99. The molecule has 0 fully saturated rings. The summed E-state index contributed by atoms with van der Waals surface area (Å²) in [6.45, 7) is 0. The van der Waals surface area contributed by atoms with Crippen LogP contribution in [0.3, 0.4) is 0 Å². The molecule has 22 heavy (non-hydrogen) atoms. The van der Waals surface area contributed by atoms with Crippen molar-refractivity contribution in [1.82, 2.24) is 4.98 Å². The lowest BCUT2D eigenvalue weighted by atomic mass is 10.0. The lowest BCUT2D eigenvalue weighted by Crippen LogP contribution is -2.14. The smallest absolute Gasteiger partial charge is 0.236 e. The molecular weight excluding hydrogens is 336 g/mol. The minimum absolute atomic E-state index is 0.0122. The monoisotopic (exact) mass is 352 g/mol. The van der Waals surface area contributed by atoms with Crippen LogP contribution in [-0.4, -0.2) is 16.6 Å². The summed E-state index contributed by atoms with van der Waals surface area (Å²) in [6, 6.07) is 7.73. The van der Waals surface area contributed by atoms with Gasteiger partial charge in [-0.25, -0.2) is 4.98 Å². The Hall–Kier alpha value is -1.04. The van der Waals surface area contributed by atoms with Crippen LogP contribution in [0, 0.1) is 0 Å². The average molecular weight is 353 g/mol. The molecule has 1 aromatic heterocycles. The van der Waals surface area contributed by atoms with E-state index in [0.29, 0.717) is 5.75 Å². The number of thioether (sulfide) groups is 1. The van der Waals surface area contributed by atoms with Crippen molar-refractivity contribution in [1.29, 1.82) is 0 Å². The summed E-state index contributed by atoms with van der Waals surface area (Å²) in [5.41, 5.74) is 2.31. The number of halogens is 1. The van der Waals surface area contributed by atoms with Crippen molar-refractivity contribution in [3.63, 3.8) is 0 Å². The van der Waals surface area contributed by atoms with Crippen molar-refractivity contribution in [2.75, 3.05) is 11.1 Å². The number of nitrogens with one attached hydrogen (secondary N) is 1. The van der Waals surface area contributed by atoms with Crippen LogP contribution in [0.15, 0.2) is 24.3 Å². The van der Waals surface area contributed by atoms with Gasteiger partial charge in [-0.1, -0.05) is 23.7 Å². The highest BCUT2D eigenvalue weighted by atomic mass is 35.5. The summed E-state index contributed by atoms with van der Waals surface area (Å²) in [6.07, 6.45) is 4.59. The van der Waals surface area contributed by atoms with Crippen LogP contribution in [0.5, 0.6) is 0 Å². The van der Waals surface area contributed by atoms with Gasteiger partial charge in [0, 0.05) is 15.7 Å². The van der Waals surface area contributed by atoms with E-state index in [0.717, 1.165) is 34.3 Å². The highest BCUT2D eigenvalue weighted by Gasteiger charge is 2.16. The largest absolute Gasteiger partial charge is 0.301 e. The van der Waals surface area contributed by atoms with Gasteiger partial charge in [-0.2, -0.15) is 0 Å². The summed E-state index contributed by atoms with van der Waals surface area (Å²) in [5.74, 6) is 1.22. The van der Waals surface area contributed by atoms with Gasteiger partial charge in [0.25, 0.3) is 0 Å². The summed E-state index contributed by atoms with van der Waals surface area (Å²) in [5, 5.41) is 4.40. The number of carbonyl (C=O) groups excluding carboxylic acids is 1. The first kappa shape index (κ1) is 15.8. The number of aryl methyl sites for hydroxylation is 2. The van der Waals surface area contributed by atoms with E-state index in [2.05, 4.69) is 10.3 Å². The predicted molar refractivity (Wildman–Crippen MR) is 95.0 cm³/mol. The third-order valence-corrected chi connectivity index (χ3v) is 5.79. The zero-order valence-electron chi connectivity index (χ0n) is 12.1.